The van der Waals surface area contributed by atoms with Gasteiger partial charge in [-0.05, 0) is 30.3 Å². The van der Waals surface area contributed by atoms with Crippen molar-refractivity contribution < 1.29 is 23.9 Å². The van der Waals surface area contributed by atoms with Gasteiger partial charge in [-0.1, -0.05) is 18.2 Å². The van der Waals surface area contributed by atoms with Gasteiger partial charge in [-0.25, -0.2) is 0 Å². The van der Waals surface area contributed by atoms with E-state index in [-0.39, 0.29) is 18.4 Å². The Kier molecular flexibility index (Phi) is 4.93. The Morgan fingerprint density at radius 1 is 1.00 bits per heavy atom. The lowest BCUT2D eigenvalue weighted by atomic mass is 10.0. The van der Waals surface area contributed by atoms with Gasteiger partial charge in [0.1, 0.15) is 12.7 Å². The zero-order chi connectivity index (χ0) is 23.1. The van der Waals surface area contributed by atoms with Crippen molar-refractivity contribution in [2.45, 2.75) is 6.17 Å². The molecule has 0 saturated heterocycles. The minimum absolute atomic E-state index is 0.252. The van der Waals surface area contributed by atoms with Crippen LogP contribution in [0.5, 0.6) is 11.5 Å². The van der Waals surface area contributed by atoms with E-state index >= 15 is 0 Å². The Morgan fingerprint density at radius 2 is 1.76 bits per heavy atom. The van der Waals surface area contributed by atoms with Crippen LogP contribution in [0.1, 0.15) is 32.4 Å². The van der Waals surface area contributed by atoms with E-state index in [0.717, 1.165) is 0 Å². The van der Waals surface area contributed by atoms with Crippen LogP contribution in [0.15, 0.2) is 60.9 Å². The molecule has 1 N–H and O–H groups in total. The van der Waals surface area contributed by atoms with Crippen molar-refractivity contribution in [1.82, 2.24) is 9.88 Å². The van der Waals surface area contributed by atoms with E-state index < -0.39 is 12.1 Å². The number of pyridine rings is 1. The fourth-order valence-corrected chi connectivity index (χ4v) is 4.38. The van der Waals surface area contributed by atoms with Crippen molar-refractivity contribution in [3.8, 4) is 11.5 Å². The number of rotatable bonds is 5. The molecule has 0 radical (unpaired) electrons. The number of para-hydroxylation sites is 1. The molecular weight excluding hydrogens is 424 g/mol. The smallest absolute Gasteiger partial charge is 0.264 e. The summed E-state index contributed by atoms with van der Waals surface area (Å²) in [4.78, 5) is 46.8. The molecule has 33 heavy (non-hydrogen) atoms. The monoisotopic (exact) mass is 444 g/mol. The molecule has 0 unspecified atom stereocenters. The van der Waals surface area contributed by atoms with E-state index in [1.807, 2.05) is 0 Å². The molecule has 3 amide bonds. The number of amides is 3. The molecule has 0 spiro atoms. The highest BCUT2D eigenvalue weighted by atomic mass is 16.5. The predicted octanol–water partition coefficient (Wildman–Crippen LogP) is 2.85. The van der Waals surface area contributed by atoms with Gasteiger partial charge in [0.25, 0.3) is 11.8 Å². The van der Waals surface area contributed by atoms with Crippen LogP contribution in [-0.2, 0) is 4.79 Å². The first-order chi connectivity index (χ1) is 16.0. The highest BCUT2D eigenvalue weighted by Gasteiger charge is 2.50. The summed E-state index contributed by atoms with van der Waals surface area (Å²) in [6.45, 7) is -0.252. The first-order valence-electron chi connectivity index (χ1n) is 10.2. The largest absolute Gasteiger partial charge is 0.493 e. The molecule has 5 rings (SSSR count). The maximum absolute atomic E-state index is 13.6. The van der Waals surface area contributed by atoms with E-state index in [1.54, 1.807) is 60.9 Å². The minimum atomic E-state index is -0.794. The van der Waals surface area contributed by atoms with E-state index in [4.69, 9.17) is 9.47 Å². The fraction of sp³-hybridized carbons (Fsp3) is 0.167. The molecule has 3 heterocycles. The Bertz CT molecular complexity index is 1280. The van der Waals surface area contributed by atoms with Crippen molar-refractivity contribution in [2.24, 2.45) is 0 Å². The highest BCUT2D eigenvalue weighted by Crippen LogP contribution is 2.49. The molecule has 1 atom stereocenters. The van der Waals surface area contributed by atoms with Crippen LogP contribution in [0, 0.1) is 0 Å². The van der Waals surface area contributed by atoms with Gasteiger partial charge in [-0.3, -0.25) is 24.3 Å². The number of nitrogens with one attached hydrogen (secondary N) is 1. The first-order valence-corrected chi connectivity index (χ1v) is 10.2. The van der Waals surface area contributed by atoms with Crippen LogP contribution >= 0.6 is 0 Å². The molecule has 0 fully saturated rings. The summed E-state index contributed by atoms with van der Waals surface area (Å²) in [5.41, 5.74) is 2.27. The van der Waals surface area contributed by atoms with Gasteiger partial charge in [0.15, 0.2) is 11.5 Å². The summed E-state index contributed by atoms with van der Waals surface area (Å²) >= 11 is 0. The first kappa shape index (κ1) is 20.5. The summed E-state index contributed by atoms with van der Waals surface area (Å²) in [5.74, 6) is -0.362. The number of nitrogens with zero attached hydrogens (tertiary/aromatic N) is 3. The van der Waals surface area contributed by atoms with Crippen LogP contribution in [0.2, 0.25) is 0 Å². The number of methoxy groups -OCH3 is 2. The van der Waals surface area contributed by atoms with Crippen molar-refractivity contribution >= 4 is 29.1 Å². The van der Waals surface area contributed by atoms with Crippen molar-refractivity contribution in [3.05, 3.63) is 77.6 Å². The maximum atomic E-state index is 13.6. The third kappa shape index (κ3) is 3.16. The molecule has 9 heteroatoms. The maximum Gasteiger partial charge on any atom is 0.264 e. The van der Waals surface area contributed by atoms with Gasteiger partial charge in [0.05, 0.1) is 31.0 Å². The molecule has 0 saturated carbocycles. The molecule has 9 nitrogen and oxygen atoms in total. The second kappa shape index (κ2) is 7.94. The van der Waals surface area contributed by atoms with Gasteiger partial charge < -0.3 is 19.7 Å². The van der Waals surface area contributed by atoms with Gasteiger partial charge in [0.2, 0.25) is 5.91 Å². The summed E-state index contributed by atoms with van der Waals surface area (Å²) < 4.78 is 10.9. The molecular formula is C24H20N4O5. The van der Waals surface area contributed by atoms with Crippen LogP contribution in [-0.4, -0.2) is 48.4 Å². The average molecular weight is 444 g/mol. The number of hydrogen-bond donors (Lipinski definition) is 1. The summed E-state index contributed by atoms with van der Waals surface area (Å²) in [7, 11) is 2.95. The lowest BCUT2D eigenvalue weighted by molar-refractivity contribution is -0.117. The normalized spacial score (nSPS) is 16.1. The molecule has 0 aliphatic carbocycles. The Morgan fingerprint density at radius 3 is 2.48 bits per heavy atom. The Hall–Kier alpha value is -4.40. The summed E-state index contributed by atoms with van der Waals surface area (Å²) in [6.07, 6.45) is 2.33. The van der Waals surface area contributed by atoms with Crippen molar-refractivity contribution in [3.63, 3.8) is 0 Å². The quantitative estimate of drug-likeness (QED) is 0.650. The number of anilines is 2. The van der Waals surface area contributed by atoms with Gasteiger partial charge in [-0.2, -0.15) is 0 Å². The highest BCUT2D eigenvalue weighted by molar-refractivity contribution is 6.18. The third-order valence-electron chi connectivity index (χ3n) is 5.76. The molecule has 1 aromatic heterocycles. The Balaban J connectivity index is 1.60. The Labute approximate surface area is 189 Å². The number of carbonyl (C=O) groups is 3. The van der Waals surface area contributed by atoms with E-state index in [1.165, 1.54) is 24.0 Å². The second-order valence-electron chi connectivity index (χ2n) is 7.55. The van der Waals surface area contributed by atoms with Crippen LogP contribution < -0.4 is 19.7 Å². The number of carbonyl (C=O) groups excluding carboxylic acids is 3. The number of ether oxygens (including phenoxy) is 2. The van der Waals surface area contributed by atoms with E-state index in [0.29, 0.717) is 39.6 Å². The zero-order valence-corrected chi connectivity index (χ0v) is 17.9. The molecule has 2 aromatic carbocycles. The predicted molar refractivity (Wildman–Crippen MR) is 119 cm³/mol. The number of benzene rings is 2. The molecule has 3 aromatic rings. The lowest BCUT2D eigenvalue weighted by Crippen LogP contribution is -2.50. The van der Waals surface area contributed by atoms with Gasteiger partial charge in [-0.15, -0.1) is 0 Å². The van der Waals surface area contributed by atoms with Gasteiger partial charge in [0, 0.05) is 23.6 Å². The standard InChI is InChI=1S/C24H20N4O5/c1-32-18-8-7-16-20(21(18)33-2)24(31)28-17-6-4-3-5-15(17)23(30)27(22(16)28)13-19(29)26-14-9-11-25-12-10-14/h3-12,22H,13H2,1-2H3,(H,25,26,29)/t22-/m0/s1. The number of aromatic nitrogens is 1. The van der Waals surface area contributed by atoms with Crippen LogP contribution in [0.3, 0.4) is 0 Å². The third-order valence-corrected chi connectivity index (χ3v) is 5.76. The summed E-state index contributed by atoms with van der Waals surface area (Å²) in [5, 5.41) is 2.77. The molecule has 0 bridgehead atoms. The van der Waals surface area contributed by atoms with E-state index in [9.17, 15) is 14.4 Å². The summed E-state index contributed by atoms with van der Waals surface area (Å²) in [6, 6.07) is 13.6. The number of hydrogen-bond acceptors (Lipinski definition) is 6. The number of fused-ring (bicyclic) bond motifs is 5. The van der Waals surface area contributed by atoms with Crippen LogP contribution in [0.25, 0.3) is 0 Å². The fourth-order valence-electron chi connectivity index (χ4n) is 4.38. The minimum Gasteiger partial charge on any atom is -0.493 e. The van der Waals surface area contributed by atoms with Gasteiger partial charge >= 0.3 is 0 Å². The molecule has 2 aliphatic heterocycles. The van der Waals surface area contributed by atoms with Crippen molar-refractivity contribution in [2.75, 3.05) is 31.0 Å². The lowest BCUT2D eigenvalue weighted by Gasteiger charge is -2.40. The average Bonchev–Trinajstić information content (AvgIpc) is 3.14. The van der Waals surface area contributed by atoms with E-state index in [2.05, 4.69) is 10.3 Å². The zero-order valence-electron chi connectivity index (χ0n) is 17.9. The molecule has 2 aliphatic rings. The SMILES string of the molecule is COc1ccc2c(c1OC)C(=O)N1c3ccccc3C(=O)N(CC(=O)Nc3ccncc3)[C@H]21. The topological polar surface area (TPSA) is 101 Å². The molecule has 166 valence electrons. The van der Waals surface area contributed by atoms with Crippen LogP contribution in [0.4, 0.5) is 11.4 Å². The second-order valence-corrected chi connectivity index (χ2v) is 7.55. The van der Waals surface area contributed by atoms with Crippen molar-refractivity contribution in [1.29, 1.82) is 0 Å².